The summed E-state index contributed by atoms with van der Waals surface area (Å²) in [5.74, 6) is 0.164. The van der Waals surface area contributed by atoms with Gasteiger partial charge in [0.15, 0.2) is 0 Å². The lowest BCUT2D eigenvalue weighted by atomic mass is 10.1. The fourth-order valence-corrected chi connectivity index (χ4v) is 1.87. The molecule has 2 aromatic carbocycles. The molecule has 0 aliphatic rings. The fraction of sp³-hybridized carbons (Fsp3) is 0.0714. The maximum atomic E-state index is 12.1. The molecule has 3 N–H and O–H groups in total. The van der Waals surface area contributed by atoms with Gasteiger partial charge >= 0.3 is 0 Å². The van der Waals surface area contributed by atoms with Crippen LogP contribution in [0.2, 0.25) is 5.02 Å². The van der Waals surface area contributed by atoms with Crippen LogP contribution in [0.5, 0.6) is 5.75 Å². The van der Waals surface area contributed by atoms with E-state index in [0.717, 1.165) is 0 Å². The van der Waals surface area contributed by atoms with Crippen molar-refractivity contribution in [3.8, 4) is 5.75 Å². The first-order valence-electron chi connectivity index (χ1n) is 5.61. The van der Waals surface area contributed by atoms with Crippen LogP contribution >= 0.6 is 11.6 Å². The molecule has 2 aromatic rings. The third-order valence-corrected chi connectivity index (χ3v) is 2.85. The van der Waals surface area contributed by atoms with Crippen LogP contribution in [0.3, 0.4) is 0 Å². The molecule has 0 unspecified atom stereocenters. The fourth-order valence-electron chi connectivity index (χ4n) is 1.68. The van der Waals surface area contributed by atoms with E-state index in [1.807, 2.05) is 0 Å². The number of halogens is 1. The number of benzene rings is 2. The van der Waals surface area contributed by atoms with Crippen LogP contribution in [-0.2, 0) is 0 Å². The number of hydrogen-bond donors (Lipinski definition) is 2. The van der Waals surface area contributed by atoms with Gasteiger partial charge < -0.3 is 15.8 Å². The third kappa shape index (κ3) is 2.98. The Morgan fingerprint density at radius 2 is 2.00 bits per heavy atom. The van der Waals surface area contributed by atoms with Crippen LogP contribution in [0.1, 0.15) is 10.4 Å². The molecule has 4 nitrogen and oxygen atoms in total. The third-order valence-electron chi connectivity index (χ3n) is 2.61. The molecule has 0 saturated carbocycles. The molecule has 2 rings (SSSR count). The zero-order valence-electron chi connectivity index (χ0n) is 10.3. The van der Waals surface area contributed by atoms with E-state index in [1.165, 1.54) is 7.11 Å². The van der Waals surface area contributed by atoms with E-state index in [2.05, 4.69) is 5.32 Å². The van der Waals surface area contributed by atoms with E-state index < -0.39 is 0 Å². The minimum absolute atomic E-state index is 0.307. The summed E-state index contributed by atoms with van der Waals surface area (Å²) >= 11 is 5.86. The number of methoxy groups -OCH3 is 1. The van der Waals surface area contributed by atoms with Gasteiger partial charge in [-0.1, -0.05) is 23.7 Å². The molecule has 0 aliphatic heterocycles. The monoisotopic (exact) mass is 276 g/mol. The highest BCUT2D eigenvalue weighted by Gasteiger charge is 2.13. The Bertz CT molecular complexity index is 614. The number of nitrogens with two attached hydrogens (primary N) is 1. The highest BCUT2D eigenvalue weighted by molar-refractivity contribution is 6.31. The summed E-state index contributed by atoms with van der Waals surface area (Å²) in [6.45, 7) is 0. The van der Waals surface area contributed by atoms with E-state index in [4.69, 9.17) is 22.1 Å². The lowest BCUT2D eigenvalue weighted by molar-refractivity contribution is 0.102. The van der Waals surface area contributed by atoms with Gasteiger partial charge in [-0.25, -0.2) is 0 Å². The standard InChI is InChI=1S/C14H13ClN2O2/c1-19-12-7-3-6-11(13(12)16)14(18)17-10-5-2-4-9(15)8-10/h2-8H,16H2,1H3,(H,17,18). The Labute approximate surface area is 116 Å². The van der Waals surface area contributed by atoms with Gasteiger partial charge in [0.25, 0.3) is 5.91 Å². The Morgan fingerprint density at radius 3 is 2.68 bits per heavy atom. The number of amides is 1. The lowest BCUT2D eigenvalue weighted by Gasteiger charge is -2.10. The molecule has 0 atom stereocenters. The number of para-hydroxylation sites is 1. The van der Waals surface area contributed by atoms with Crippen molar-refractivity contribution < 1.29 is 9.53 Å². The summed E-state index contributed by atoms with van der Waals surface area (Å²) in [7, 11) is 1.50. The SMILES string of the molecule is COc1cccc(C(=O)Nc2cccc(Cl)c2)c1N. The number of ether oxygens (including phenoxy) is 1. The normalized spacial score (nSPS) is 10.0. The number of carbonyl (C=O) groups excluding carboxylic acids is 1. The molecule has 1 amide bonds. The summed E-state index contributed by atoms with van der Waals surface area (Å²) in [6.07, 6.45) is 0. The van der Waals surface area contributed by atoms with E-state index in [0.29, 0.717) is 27.7 Å². The second-order valence-corrected chi connectivity index (χ2v) is 4.32. The summed E-state index contributed by atoms with van der Waals surface area (Å²) < 4.78 is 5.08. The van der Waals surface area contributed by atoms with E-state index in [-0.39, 0.29) is 5.91 Å². The van der Waals surface area contributed by atoms with Crippen molar-refractivity contribution in [2.24, 2.45) is 0 Å². The predicted octanol–water partition coefficient (Wildman–Crippen LogP) is 3.18. The van der Waals surface area contributed by atoms with Crippen LogP contribution in [-0.4, -0.2) is 13.0 Å². The van der Waals surface area contributed by atoms with E-state index >= 15 is 0 Å². The number of nitrogen functional groups attached to an aromatic ring is 1. The molecule has 0 fully saturated rings. The Morgan fingerprint density at radius 1 is 1.26 bits per heavy atom. The van der Waals surface area contributed by atoms with Crippen molar-refractivity contribution in [1.82, 2.24) is 0 Å². The van der Waals surface area contributed by atoms with Crippen molar-refractivity contribution in [2.45, 2.75) is 0 Å². The molecule has 5 heteroatoms. The summed E-state index contributed by atoms with van der Waals surface area (Å²) in [5.41, 5.74) is 7.15. The summed E-state index contributed by atoms with van der Waals surface area (Å²) in [5, 5.41) is 3.28. The first-order valence-corrected chi connectivity index (χ1v) is 5.99. The van der Waals surface area contributed by atoms with Gasteiger partial charge in [-0.15, -0.1) is 0 Å². The minimum atomic E-state index is -0.307. The van der Waals surface area contributed by atoms with Gasteiger partial charge in [0.2, 0.25) is 0 Å². The zero-order chi connectivity index (χ0) is 13.8. The molecule has 0 aliphatic carbocycles. The van der Waals surface area contributed by atoms with Crippen LogP contribution < -0.4 is 15.8 Å². The molecule has 0 radical (unpaired) electrons. The number of nitrogens with one attached hydrogen (secondary N) is 1. The highest BCUT2D eigenvalue weighted by atomic mass is 35.5. The van der Waals surface area contributed by atoms with Gasteiger partial charge in [-0.05, 0) is 30.3 Å². The van der Waals surface area contributed by atoms with Gasteiger partial charge in [0.1, 0.15) is 5.75 Å². The molecular weight excluding hydrogens is 264 g/mol. The van der Waals surface area contributed by atoms with Crippen LogP contribution in [0.25, 0.3) is 0 Å². The average molecular weight is 277 g/mol. The first-order chi connectivity index (χ1) is 9.11. The van der Waals surface area contributed by atoms with Crippen molar-refractivity contribution in [3.63, 3.8) is 0 Å². The summed E-state index contributed by atoms with van der Waals surface area (Å²) in [4.78, 5) is 12.1. The van der Waals surface area contributed by atoms with E-state index in [9.17, 15) is 4.79 Å². The molecule has 98 valence electrons. The molecule has 19 heavy (non-hydrogen) atoms. The second-order valence-electron chi connectivity index (χ2n) is 3.89. The van der Waals surface area contributed by atoms with Gasteiger partial charge in [0, 0.05) is 10.7 Å². The number of rotatable bonds is 3. The van der Waals surface area contributed by atoms with Crippen molar-refractivity contribution in [2.75, 3.05) is 18.2 Å². The maximum absolute atomic E-state index is 12.1. The quantitative estimate of drug-likeness (QED) is 0.846. The van der Waals surface area contributed by atoms with Crippen LogP contribution in [0.15, 0.2) is 42.5 Å². The molecule has 0 aromatic heterocycles. The summed E-state index contributed by atoms with van der Waals surface area (Å²) in [6, 6.07) is 11.9. The Balaban J connectivity index is 2.25. The number of anilines is 2. The van der Waals surface area contributed by atoms with Gasteiger partial charge in [-0.2, -0.15) is 0 Å². The molecule has 0 heterocycles. The minimum Gasteiger partial charge on any atom is -0.495 e. The highest BCUT2D eigenvalue weighted by Crippen LogP contribution is 2.25. The van der Waals surface area contributed by atoms with E-state index in [1.54, 1.807) is 42.5 Å². The smallest absolute Gasteiger partial charge is 0.257 e. The van der Waals surface area contributed by atoms with Crippen molar-refractivity contribution in [3.05, 3.63) is 53.1 Å². The van der Waals surface area contributed by atoms with Crippen molar-refractivity contribution in [1.29, 1.82) is 0 Å². The molecule has 0 spiro atoms. The van der Waals surface area contributed by atoms with Gasteiger partial charge in [-0.3, -0.25) is 4.79 Å². The maximum Gasteiger partial charge on any atom is 0.257 e. The second kappa shape index (κ2) is 5.63. The Hall–Kier alpha value is -2.20. The largest absolute Gasteiger partial charge is 0.495 e. The molecule has 0 bridgehead atoms. The lowest BCUT2D eigenvalue weighted by Crippen LogP contribution is -2.14. The molecular formula is C14H13ClN2O2. The van der Waals surface area contributed by atoms with Gasteiger partial charge in [0.05, 0.1) is 18.4 Å². The number of hydrogen-bond acceptors (Lipinski definition) is 3. The van der Waals surface area contributed by atoms with Crippen LogP contribution in [0, 0.1) is 0 Å². The topological polar surface area (TPSA) is 64.3 Å². The average Bonchev–Trinajstić information content (AvgIpc) is 2.39. The number of carbonyl (C=O) groups is 1. The first kappa shape index (κ1) is 13.2. The van der Waals surface area contributed by atoms with Crippen molar-refractivity contribution >= 4 is 28.9 Å². The zero-order valence-corrected chi connectivity index (χ0v) is 11.1. The predicted molar refractivity (Wildman–Crippen MR) is 76.8 cm³/mol. The Kier molecular flexibility index (Phi) is 3.92. The molecule has 0 saturated heterocycles. The van der Waals surface area contributed by atoms with Crippen LogP contribution in [0.4, 0.5) is 11.4 Å².